The molecule has 0 unspecified atom stereocenters. The number of carbonyl (C=O) groups is 2. The van der Waals surface area contributed by atoms with Crippen LogP contribution in [-0.2, 0) is 17.9 Å². The quantitative estimate of drug-likeness (QED) is 0.622. The predicted molar refractivity (Wildman–Crippen MR) is 110 cm³/mol. The van der Waals surface area contributed by atoms with Gasteiger partial charge in [-0.15, -0.1) is 0 Å². The third-order valence-corrected chi connectivity index (χ3v) is 4.90. The van der Waals surface area contributed by atoms with E-state index in [1.54, 1.807) is 13.8 Å². The molecule has 0 bridgehead atoms. The minimum atomic E-state index is -0.980. The Labute approximate surface area is 173 Å². The summed E-state index contributed by atoms with van der Waals surface area (Å²) in [6.45, 7) is 6.31. The van der Waals surface area contributed by atoms with Crippen LogP contribution in [0.2, 0.25) is 0 Å². The molecule has 30 heavy (non-hydrogen) atoms. The number of rotatable bonds is 7. The smallest absolute Gasteiger partial charge is 0.257 e. The number of nitrogens with zero attached hydrogens (tertiary/aromatic N) is 2. The van der Waals surface area contributed by atoms with Crippen molar-refractivity contribution >= 4 is 22.8 Å². The number of nitrogens with one attached hydrogen (secondary N) is 2. The summed E-state index contributed by atoms with van der Waals surface area (Å²) in [7, 11) is 0. The molecule has 0 spiro atoms. The lowest BCUT2D eigenvalue weighted by Gasteiger charge is -2.22. The van der Waals surface area contributed by atoms with Gasteiger partial charge in [-0.05, 0) is 37.1 Å². The van der Waals surface area contributed by atoms with Crippen LogP contribution < -0.4 is 10.6 Å². The van der Waals surface area contributed by atoms with Gasteiger partial charge < -0.3 is 15.2 Å². The van der Waals surface area contributed by atoms with Crippen LogP contribution in [0.25, 0.3) is 11.0 Å². The van der Waals surface area contributed by atoms with Gasteiger partial charge in [0.1, 0.15) is 29.1 Å². The summed E-state index contributed by atoms with van der Waals surface area (Å²) in [5.74, 6) is -3.00. The molecule has 6 nitrogen and oxygen atoms in total. The number of para-hydroxylation sites is 2. The Morgan fingerprint density at radius 2 is 1.73 bits per heavy atom. The second-order valence-electron chi connectivity index (χ2n) is 7.27. The van der Waals surface area contributed by atoms with Crippen molar-refractivity contribution in [2.75, 3.05) is 0 Å². The number of hydrogen-bond acceptors (Lipinski definition) is 3. The molecule has 158 valence electrons. The highest BCUT2D eigenvalue weighted by Crippen LogP contribution is 2.16. The Hall–Kier alpha value is -3.29. The van der Waals surface area contributed by atoms with Gasteiger partial charge in [0, 0.05) is 6.54 Å². The van der Waals surface area contributed by atoms with Crippen molar-refractivity contribution in [3.63, 3.8) is 0 Å². The van der Waals surface area contributed by atoms with Gasteiger partial charge in [0.05, 0.1) is 17.6 Å². The molecule has 1 aromatic heterocycles. The molecule has 2 amide bonds. The second-order valence-corrected chi connectivity index (χ2v) is 7.27. The first-order chi connectivity index (χ1) is 14.3. The third-order valence-electron chi connectivity index (χ3n) is 4.90. The van der Waals surface area contributed by atoms with E-state index in [1.165, 1.54) is 6.07 Å². The van der Waals surface area contributed by atoms with Crippen molar-refractivity contribution in [2.24, 2.45) is 5.92 Å². The molecular formula is C22H24F2N4O2. The van der Waals surface area contributed by atoms with Gasteiger partial charge in [-0.1, -0.05) is 32.0 Å². The van der Waals surface area contributed by atoms with Crippen molar-refractivity contribution < 1.29 is 18.4 Å². The lowest BCUT2D eigenvalue weighted by molar-refractivity contribution is -0.124. The summed E-state index contributed by atoms with van der Waals surface area (Å²) >= 11 is 0. The Balaban J connectivity index is 1.74. The average Bonchev–Trinajstić information content (AvgIpc) is 3.07. The van der Waals surface area contributed by atoms with Crippen LogP contribution in [-0.4, -0.2) is 27.4 Å². The monoisotopic (exact) mass is 414 g/mol. The van der Waals surface area contributed by atoms with Crippen molar-refractivity contribution in [1.82, 2.24) is 20.2 Å². The van der Waals surface area contributed by atoms with E-state index >= 15 is 0 Å². The fourth-order valence-corrected chi connectivity index (χ4v) is 3.35. The van der Waals surface area contributed by atoms with Crippen LogP contribution in [0, 0.1) is 17.6 Å². The lowest BCUT2D eigenvalue weighted by Crippen LogP contribution is -2.50. The molecule has 2 N–H and O–H groups in total. The SMILES string of the molecule is CCn1c(CNC(=O)[C@@H](NC(=O)c2c(F)cccc2F)C(C)C)nc2ccccc21. The summed E-state index contributed by atoms with van der Waals surface area (Å²) in [5, 5.41) is 5.23. The van der Waals surface area contributed by atoms with E-state index in [0.717, 1.165) is 23.2 Å². The van der Waals surface area contributed by atoms with Crippen molar-refractivity contribution in [3.8, 4) is 0 Å². The van der Waals surface area contributed by atoms with E-state index in [4.69, 9.17) is 0 Å². The Kier molecular flexibility index (Phi) is 6.44. The molecule has 1 heterocycles. The molecule has 0 saturated carbocycles. The molecule has 0 radical (unpaired) electrons. The third kappa shape index (κ3) is 4.32. The van der Waals surface area contributed by atoms with Gasteiger partial charge in [-0.3, -0.25) is 9.59 Å². The second kappa shape index (κ2) is 9.02. The first-order valence-corrected chi connectivity index (χ1v) is 9.80. The number of hydrogen-bond donors (Lipinski definition) is 2. The summed E-state index contributed by atoms with van der Waals surface area (Å²) < 4.78 is 29.8. The highest BCUT2D eigenvalue weighted by Gasteiger charge is 2.27. The number of carbonyl (C=O) groups excluding carboxylic acids is 2. The maximum absolute atomic E-state index is 13.9. The molecule has 3 aromatic rings. The zero-order valence-electron chi connectivity index (χ0n) is 17.1. The number of fused-ring (bicyclic) bond motifs is 1. The first-order valence-electron chi connectivity index (χ1n) is 9.80. The Bertz CT molecular complexity index is 1060. The van der Waals surface area contributed by atoms with Gasteiger partial charge in [0.2, 0.25) is 5.91 Å². The van der Waals surface area contributed by atoms with Crippen molar-refractivity contribution in [1.29, 1.82) is 0 Å². The van der Waals surface area contributed by atoms with Gasteiger partial charge in [0.15, 0.2) is 0 Å². The Morgan fingerprint density at radius 3 is 2.37 bits per heavy atom. The van der Waals surface area contributed by atoms with E-state index in [2.05, 4.69) is 15.6 Å². The van der Waals surface area contributed by atoms with Crippen LogP contribution in [0.5, 0.6) is 0 Å². The Morgan fingerprint density at radius 1 is 1.07 bits per heavy atom. The molecule has 0 fully saturated rings. The van der Waals surface area contributed by atoms with Crippen LogP contribution in [0.3, 0.4) is 0 Å². The zero-order valence-corrected chi connectivity index (χ0v) is 17.1. The van der Waals surface area contributed by atoms with Crippen LogP contribution in [0.4, 0.5) is 8.78 Å². The summed E-state index contributed by atoms with van der Waals surface area (Å²) in [4.78, 5) is 29.7. The average molecular weight is 414 g/mol. The molecule has 1 atom stereocenters. The number of aromatic nitrogens is 2. The van der Waals surface area contributed by atoms with Crippen molar-refractivity contribution in [2.45, 2.75) is 39.9 Å². The van der Waals surface area contributed by atoms with E-state index in [-0.39, 0.29) is 12.5 Å². The minimum absolute atomic E-state index is 0.161. The zero-order chi connectivity index (χ0) is 21.8. The molecule has 2 aromatic carbocycles. The topological polar surface area (TPSA) is 76.0 Å². The maximum atomic E-state index is 13.9. The lowest BCUT2D eigenvalue weighted by atomic mass is 10.0. The summed E-state index contributed by atoms with van der Waals surface area (Å²) in [6, 6.07) is 9.87. The normalized spacial score (nSPS) is 12.2. The van der Waals surface area contributed by atoms with Gasteiger partial charge >= 0.3 is 0 Å². The van der Waals surface area contributed by atoms with Crippen LogP contribution >= 0.6 is 0 Å². The molecule has 0 aliphatic heterocycles. The number of imidazole rings is 1. The van der Waals surface area contributed by atoms with Gasteiger partial charge in [0.25, 0.3) is 5.91 Å². The number of halogens is 2. The van der Waals surface area contributed by atoms with Crippen molar-refractivity contribution in [3.05, 3.63) is 65.5 Å². The fourth-order valence-electron chi connectivity index (χ4n) is 3.35. The molecule has 0 aliphatic carbocycles. The molecule has 3 rings (SSSR count). The van der Waals surface area contributed by atoms with Gasteiger partial charge in [-0.2, -0.15) is 0 Å². The molecule has 0 saturated heterocycles. The number of amides is 2. The van der Waals surface area contributed by atoms with Gasteiger partial charge in [-0.25, -0.2) is 13.8 Å². The summed E-state index contributed by atoms with van der Waals surface area (Å²) in [6.07, 6.45) is 0. The standard InChI is InChI=1S/C22H24F2N4O2/c1-4-28-17-11-6-5-10-16(17)26-18(28)12-25-22(30)20(13(2)3)27-21(29)19-14(23)8-7-9-15(19)24/h5-11,13,20H,4,12H2,1-3H3,(H,25,30)(H,27,29)/t20-/m0/s1. The highest BCUT2D eigenvalue weighted by atomic mass is 19.1. The minimum Gasteiger partial charge on any atom is -0.347 e. The van der Waals surface area contributed by atoms with Crippen LogP contribution in [0.15, 0.2) is 42.5 Å². The van der Waals surface area contributed by atoms with E-state index in [0.29, 0.717) is 12.4 Å². The largest absolute Gasteiger partial charge is 0.347 e. The van der Waals surface area contributed by atoms with Crippen LogP contribution in [0.1, 0.15) is 37.0 Å². The molecule has 0 aliphatic rings. The molecule has 8 heteroatoms. The van der Waals surface area contributed by atoms with E-state index in [9.17, 15) is 18.4 Å². The predicted octanol–water partition coefficient (Wildman–Crippen LogP) is 3.41. The highest BCUT2D eigenvalue weighted by molar-refractivity contribution is 5.98. The summed E-state index contributed by atoms with van der Waals surface area (Å²) in [5.41, 5.74) is 1.09. The first kappa shape index (κ1) is 21.4. The van der Waals surface area contributed by atoms with E-state index < -0.39 is 35.1 Å². The number of benzene rings is 2. The van der Waals surface area contributed by atoms with E-state index in [1.807, 2.05) is 35.8 Å². The molecular weight excluding hydrogens is 390 g/mol. The fraction of sp³-hybridized carbons (Fsp3) is 0.318. The number of aryl methyl sites for hydroxylation is 1. The maximum Gasteiger partial charge on any atom is 0.257 e.